The van der Waals surface area contributed by atoms with Gasteiger partial charge in [0.05, 0.1) is 0 Å². The first-order valence-electron chi connectivity index (χ1n) is 7.87. The Bertz CT molecular complexity index is 270. The maximum atomic E-state index is 12.2. The summed E-state index contributed by atoms with van der Waals surface area (Å²) in [6.07, 6.45) is 0.954. The molecule has 1 unspecified atom stereocenters. The maximum Gasteiger partial charge on any atom is 0.389 e. The zero-order chi connectivity index (χ0) is 15.4. The first-order chi connectivity index (χ1) is 9.13. The van der Waals surface area contributed by atoms with E-state index in [4.69, 9.17) is 0 Å². The van der Waals surface area contributed by atoms with E-state index in [0.29, 0.717) is 17.8 Å². The van der Waals surface area contributed by atoms with Gasteiger partial charge in [0.15, 0.2) is 0 Å². The zero-order valence-electron chi connectivity index (χ0n) is 13.3. The van der Waals surface area contributed by atoms with E-state index in [2.05, 4.69) is 26.1 Å². The average Bonchev–Trinajstić information content (AvgIpc) is 2.32. The molecule has 20 heavy (non-hydrogen) atoms. The fourth-order valence-electron chi connectivity index (χ4n) is 3.53. The van der Waals surface area contributed by atoms with Crippen molar-refractivity contribution in [3.05, 3.63) is 0 Å². The molecule has 4 heteroatoms. The van der Waals surface area contributed by atoms with Crippen LogP contribution in [0, 0.1) is 17.3 Å². The molecule has 1 saturated carbocycles. The van der Waals surface area contributed by atoms with Gasteiger partial charge in [0.1, 0.15) is 0 Å². The van der Waals surface area contributed by atoms with Crippen LogP contribution in [0.3, 0.4) is 0 Å². The minimum Gasteiger partial charge on any atom is -0.317 e. The Morgan fingerprint density at radius 2 is 1.60 bits per heavy atom. The summed E-state index contributed by atoms with van der Waals surface area (Å²) >= 11 is 0. The Balaban J connectivity index is 2.37. The molecular weight excluding hydrogens is 263 g/mol. The van der Waals surface area contributed by atoms with Crippen LogP contribution in [-0.4, -0.2) is 19.3 Å². The van der Waals surface area contributed by atoms with Crippen LogP contribution in [0.4, 0.5) is 13.2 Å². The molecule has 0 aromatic rings. The van der Waals surface area contributed by atoms with E-state index in [9.17, 15) is 13.2 Å². The molecule has 1 N–H and O–H groups in total. The molecule has 0 aromatic carbocycles. The number of halogens is 3. The Morgan fingerprint density at radius 3 is 2.00 bits per heavy atom. The highest BCUT2D eigenvalue weighted by molar-refractivity contribution is 4.85. The molecule has 1 atom stereocenters. The number of rotatable bonds is 5. The van der Waals surface area contributed by atoms with Gasteiger partial charge in [-0.05, 0) is 62.8 Å². The van der Waals surface area contributed by atoms with Gasteiger partial charge in [-0.15, -0.1) is 0 Å². The smallest absolute Gasteiger partial charge is 0.317 e. The van der Waals surface area contributed by atoms with Crippen molar-refractivity contribution >= 4 is 0 Å². The third-order valence-corrected chi connectivity index (χ3v) is 4.91. The molecule has 0 saturated heterocycles. The van der Waals surface area contributed by atoms with E-state index in [1.807, 2.05) is 7.05 Å². The largest absolute Gasteiger partial charge is 0.389 e. The molecule has 0 heterocycles. The van der Waals surface area contributed by atoms with E-state index in [1.54, 1.807) is 0 Å². The van der Waals surface area contributed by atoms with Gasteiger partial charge in [-0.2, -0.15) is 13.2 Å². The summed E-state index contributed by atoms with van der Waals surface area (Å²) in [5.74, 6) is 1.30. The summed E-state index contributed by atoms with van der Waals surface area (Å²) in [5, 5.41) is 3.24. The van der Waals surface area contributed by atoms with Crippen LogP contribution < -0.4 is 5.32 Å². The third kappa shape index (κ3) is 6.02. The van der Waals surface area contributed by atoms with Crippen LogP contribution in [-0.2, 0) is 0 Å². The van der Waals surface area contributed by atoms with Gasteiger partial charge in [-0.25, -0.2) is 0 Å². The lowest BCUT2D eigenvalue weighted by molar-refractivity contribution is -0.136. The second kappa shape index (κ2) is 7.15. The first-order valence-corrected chi connectivity index (χ1v) is 7.87. The second-order valence-corrected chi connectivity index (χ2v) is 7.38. The zero-order valence-corrected chi connectivity index (χ0v) is 13.3. The predicted octanol–water partition coefficient (Wildman–Crippen LogP) is 5.16. The molecule has 0 radical (unpaired) electrons. The Hall–Kier alpha value is -0.250. The Morgan fingerprint density at radius 1 is 1.05 bits per heavy atom. The summed E-state index contributed by atoms with van der Waals surface area (Å²) < 4.78 is 36.6. The maximum absolute atomic E-state index is 12.2. The molecule has 1 aliphatic carbocycles. The Labute approximate surface area is 121 Å². The molecule has 0 aliphatic heterocycles. The fraction of sp³-hybridized carbons (Fsp3) is 1.00. The lowest BCUT2D eigenvalue weighted by Crippen LogP contribution is -2.37. The molecule has 1 rings (SSSR count). The molecule has 0 amide bonds. The van der Waals surface area contributed by atoms with Crippen molar-refractivity contribution in [3.63, 3.8) is 0 Å². The Kier molecular flexibility index (Phi) is 6.36. The number of hydrogen-bond donors (Lipinski definition) is 1. The highest BCUT2D eigenvalue weighted by atomic mass is 19.4. The van der Waals surface area contributed by atoms with Gasteiger partial charge in [-0.3, -0.25) is 0 Å². The summed E-state index contributed by atoms with van der Waals surface area (Å²) in [4.78, 5) is 0. The average molecular weight is 293 g/mol. The topological polar surface area (TPSA) is 12.0 Å². The van der Waals surface area contributed by atoms with Crippen LogP contribution in [0.1, 0.15) is 65.7 Å². The predicted molar refractivity (Wildman–Crippen MR) is 77.7 cm³/mol. The van der Waals surface area contributed by atoms with E-state index < -0.39 is 12.6 Å². The summed E-state index contributed by atoms with van der Waals surface area (Å²) in [6, 6.07) is 0.248. The van der Waals surface area contributed by atoms with Crippen molar-refractivity contribution in [1.29, 1.82) is 0 Å². The van der Waals surface area contributed by atoms with Gasteiger partial charge in [0.25, 0.3) is 0 Å². The molecule has 0 bridgehead atoms. The van der Waals surface area contributed by atoms with Crippen molar-refractivity contribution < 1.29 is 13.2 Å². The highest BCUT2D eigenvalue weighted by Crippen LogP contribution is 2.41. The van der Waals surface area contributed by atoms with Gasteiger partial charge >= 0.3 is 6.18 Å². The van der Waals surface area contributed by atoms with Crippen LogP contribution in [0.15, 0.2) is 0 Å². The van der Waals surface area contributed by atoms with E-state index in [1.165, 1.54) is 12.8 Å². The molecule has 120 valence electrons. The molecule has 1 nitrogen and oxygen atoms in total. The van der Waals surface area contributed by atoms with E-state index in [-0.39, 0.29) is 12.5 Å². The molecule has 0 spiro atoms. The van der Waals surface area contributed by atoms with Gasteiger partial charge in [0, 0.05) is 12.5 Å². The summed E-state index contributed by atoms with van der Waals surface area (Å²) in [6.45, 7) is 6.87. The van der Waals surface area contributed by atoms with Gasteiger partial charge in [0.2, 0.25) is 0 Å². The molecule has 1 fully saturated rings. The molecular formula is C16H30F3N. The number of nitrogens with one attached hydrogen (secondary N) is 1. The van der Waals surface area contributed by atoms with Gasteiger partial charge in [-0.1, -0.05) is 20.8 Å². The molecule has 1 aliphatic rings. The van der Waals surface area contributed by atoms with Crippen LogP contribution in [0.2, 0.25) is 0 Å². The van der Waals surface area contributed by atoms with E-state index in [0.717, 1.165) is 18.8 Å². The first kappa shape index (κ1) is 17.8. The van der Waals surface area contributed by atoms with Crippen LogP contribution >= 0.6 is 0 Å². The summed E-state index contributed by atoms with van der Waals surface area (Å²) in [5.41, 5.74) is 0.358. The quantitative estimate of drug-likeness (QED) is 0.738. The fourth-order valence-corrected chi connectivity index (χ4v) is 3.53. The minimum atomic E-state index is -4.01. The van der Waals surface area contributed by atoms with Crippen LogP contribution in [0.5, 0.6) is 0 Å². The minimum absolute atomic E-state index is 0.244. The van der Waals surface area contributed by atoms with Crippen molar-refractivity contribution in [1.82, 2.24) is 5.32 Å². The summed E-state index contributed by atoms with van der Waals surface area (Å²) in [7, 11) is 1.88. The second-order valence-electron chi connectivity index (χ2n) is 7.38. The van der Waals surface area contributed by atoms with Crippen LogP contribution in [0.25, 0.3) is 0 Å². The number of hydrogen-bond acceptors (Lipinski definition) is 1. The monoisotopic (exact) mass is 293 g/mol. The SMILES string of the molecule is CNC(CCCC(F)(F)F)C1CCC(C(C)(C)C)CC1. The highest BCUT2D eigenvalue weighted by Gasteiger charge is 2.33. The third-order valence-electron chi connectivity index (χ3n) is 4.91. The lowest BCUT2D eigenvalue weighted by atomic mass is 9.68. The van der Waals surface area contributed by atoms with Crippen molar-refractivity contribution in [2.24, 2.45) is 17.3 Å². The number of alkyl halides is 3. The standard InChI is InChI=1S/C16H30F3N/c1-15(2,3)13-9-7-12(8-10-13)14(20-4)6-5-11-16(17,18)19/h12-14,20H,5-11H2,1-4H3. The van der Waals surface area contributed by atoms with Gasteiger partial charge < -0.3 is 5.32 Å². The lowest BCUT2D eigenvalue weighted by Gasteiger charge is -2.39. The normalized spacial score (nSPS) is 26.6. The molecule has 0 aromatic heterocycles. The van der Waals surface area contributed by atoms with Crippen molar-refractivity contribution in [3.8, 4) is 0 Å². The van der Waals surface area contributed by atoms with Crippen molar-refractivity contribution in [2.45, 2.75) is 77.9 Å². The van der Waals surface area contributed by atoms with E-state index >= 15 is 0 Å². The van der Waals surface area contributed by atoms with Crippen molar-refractivity contribution in [2.75, 3.05) is 7.05 Å².